The van der Waals surface area contributed by atoms with E-state index in [-0.39, 0.29) is 5.54 Å². The Labute approximate surface area is 124 Å². The van der Waals surface area contributed by atoms with Gasteiger partial charge in [0.05, 0.1) is 5.69 Å². The van der Waals surface area contributed by atoms with Gasteiger partial charge in [0, 0.05) is 36.6 Å². The highest BCUT2D eigenvalue weighted by Crippen LogP contribution is 2.19. The summed E-state index contributed by atoms with van der Waals surface area (Å²) in [7, 11) is 0. The molecule has 0 saturated heterocycles. The van der Waals surface area contributed by atoms with E-state index in [2.05, 4.69) is 75.8 Å². The van der Waals surface area contributed by atoms with Crippen LogP contribution in [0.25, 0.3) is 0 Å². The standard InChI is InChI=1S/C17H31N3/c1-13(2)12-20(14(3)4)16-8-9-18-15(10-16)11-19-17(5,6)7/h8-10,13-14,19H,11-12H2,1-7H3. The zero-order chi connectivity index (χ0) is 15.3. The smallest absolute Gasteiger partial charge is 0.0562 e. The predicted molar refractivity (Wildman–Crippen MR) is 88.1 cm³/mol. The van der Waals surface area contributed by atoms with Gasteiger partial charge in [-0.15, -0.1) is 0 Å². The number of hydrogen-bond donors (Lipinski definition) is 1. The van der Waals surface area contributed by atoms with Crippen molar-refractivity contribution in [3.05, 3.63) is 24.0 Å². The minimum atomic E-state index is 0.118. The second-order valence-corrected chi connectivity index (χ2v) is 7.25. The van der Waals surface area contributed by atoms with Gasteiger partial charge in [-0.2, -0.15) is 0 Å². The van der Waals surface area contributed by atoms with Crippen molar-refractivity contribution in [1.29, 1.82) is 0 Å². The van der Waals surface area contributed by atoms with Gasteiger partial charge in [-0.1, -0.05) is 13.8 Å². The molecule has 0 bridgehead atoms. The van der Waals surface area contributed by atoms with Crippen molar-refractivity contribution < 1.29 is 0 Å². The quantitative estimate of drug-likeness (QED) is 0.856. The van der Waals surface area contributed by atoms with Crippen molar-refractivity contribution in [3.8, 4) is 0 Å². The second kappa shape index (κ2) is 7.07. The van der Waals surface area contributed by atoms with Crippen molar-refractivity contribution in [1.82, 2.24) is 10.3 Å². The van der Waals surface area contributed by atoms with E-state index < -0.39 is 0 Å². The van der Waals surface area contributed by atoms with Gasteiger partial charge < -0.3 is 10.2 Å². The molecule has 1 N–H and O–H groups in total. The van der Waals surface area contributed by atoms with E-state index in [0.29, 0.717) is 12.0 Å². The molecule has 1 rings (SSSR count). The summed E-state index contributed by atoms with van der Waals surface area (Å²) >= 11 is 0. The fraction of sp³-hybridized carbons (Fsp3) is 0.706. The Hall–Kier alpha value is -1.09. The van der Waals surface area contributed by atoms with Gasteiger partial charge >= 0.3 is 0 Å². The van der Waals surface area contributed by atoms with Gasteiger partial charge in [0.1, 0.15) is 0 Å². The molecule has 0 saturated carbocycles. The first-order chi connectivity index (χ1) is 9.19. The third kappa shape index (κ3) is 5.91. The average Bonchev–Trinajstić information content (AvgIpc) is 2.32. The van der Waals surface area contributed by atoms with Crippen LogP contribution in [0.1, 0.15) is 54.2 Å². The summed E-state index contributed by atoms with van der Waals surface area (Å²) < 4.78 is 0. The fourth-order valence-electron chi connectivity index (χ4n) is 2.10. The summed E-state index contributed by atoms with van der Waals surface area (Å²) in [6.07, 6.45) is 1.92. The molecule has 3 nitrogen and oxygen atoms in total. The van der Waals surface area contributed by atoms with Gasteiger partial charge in [-0.05, 0) is 52.7 Å². The summed E-state index contributed by atoms with van der Waals surface area (Å²) in [5.74, 6) is 0.654. The first kappa shape index (κ1) is 17.0. The molecule has 1 aromatic rings. The summed E-state index contributed by atoms with van der Waals surface area (Å²) in [4.78, 5) is 6.93. The fourth-order valence-corrected chi connectivity index (χ4v) is 2.10. The van der Waals surface area contributed by atoms with E-state index >= 15 is 0 Å². The van der Waals surface area contributed by atoms with Crippen LogP contribution in [0.2, 0.25) is 0 Å². The van der Waals surface area contributed by atoms with Crippen molar-refractivity contribution in [2.75, 3.05) is 11.4 Å². The lowest BCUT2D eigenvalue weighted by molar-refractivity contribution is 0.421. The molecule has 0 amide bonds. The van der Waals surface area contributed by atoms with Crippen molar-refractivity contribution in [2.45, 2.75) is 66.6 Å². The monoisotopic (exact) mass is 277 g/mol. The first-order valence-corrected chi connectivity index (χ1v) is 7.65. The van der Waals surface area contributed by atoms with Crippen LogP contribution < -0.4 is 10.2 Å². The molecule has 114 valence electrons. The highest BCUT2D eigenvalue weighted by atomic mass is 15.2. The number of nitrogens with zero attached hydrogens (tertiary/aromatic N) is 2. The topological polar surface area (TPSA) is 28.2 Å². The van der Waals surface area contributed by atoms with E-state index in [9.17, 15) is 0 Å². The van der Waals surface area contributed by atoms with Crippen LogP contribution in [-0.4, -0.2) is 23.1 Å². The lowest BCUT2D eigenvalue weighted by Crippen LogP contribution is -2.36. The summed E-state index contributed by atoms with van der Waals surface area (Å²) in [5, 5.41) is 3.49. The molecule has 0 aliphatic heterocycles. The molecule has 0 aliphatic rings. The number of anilines is 1. The van der Waals surface area contributed by atoms with Crippen molar-refractivity contribution >= 4 is 5.69 Å². The van der Waals surface area contributed by atoms with Crippen LogP contribution in [-0.2, 0) is 6.54 Å². The summed E-state index contributed by atoms with van der Waals surface area (Å²) in [5.41, 5.74) is 2.49. The third-order valence-electron chi connectivity index (χ3n) is 3.12. The number of pyridine rings is 1. The zero-order valence-corrected chi connectivity index (χ0v) is 14.2. The number of aromatic nitrogens is 1. The minimum Gasteiger partial charge on any atom is -0.369 e. The highest BCUT2D eigenvalue weighted by molar-refractivity contribution is 5.47. The second-order valence-electron chi connectivity index (χ2n) is 7.25. The predicted octanol–water partition coefficient (Wildman–Crippen LogP) is 3.84. The molecule has 20 heavy (non-hydrogen) atoms. The molecule has 1 aromatic heterocycles. The van der Waals surface area contributed by atoms with Crippen molar-refractivity contribution in [3.63, 3.8) is 0 Å². The Morgan fingerprint density at radius 2 is 1.85 bits per heavy atom. The van der Waals surface area contributed by atoms with E-state index in [1.165, 1.54) is 5.69 Å². The average molecular weight is 277 g/mol. The van der Waals surface area contributed by atoms with Crippen LogP contribution in [0.15, 0.2) is 18.3 Å². The van der Waals surface area contributed by atoms with Crippen LogP contribution in [0.5, 0.6) is 0 Å². The maximum Gasteiger partial charge on any atom is 0.0562 e. The van der Waals surface area contributed by atoms with E-state index in [0.717, 1.165) is 18.8 Å². The minimum absolute atomic E-state index is 0.118. The van der Waals surface area contributed by atoms with Crippen LogP contribution in [0.3, 0.4) is 0 Å². The molecule has 0 atom stereocenters. The molecule has 0 radical (unpaired) electrons. The summed E-state index contributed by atoms with van der Waals surface area (Å²) in [6, 6.07) is 4.83. The Balaban J connectivity index is 2.84. The van der Waals surface area contributed by atoms with Gasteiger partial charge in [0.25, 0.3) is 0 Å². The Morgan fingerprint density at radius 1 is 1.20 bits per heavy atom. The zero-order valence-electron chi connectivity index (χ0n) is 14.2. The Morgan fingerprint density at radius 3 is 2.35 bits per heavy atom. The maximum atomic E-state index is 4.47. The van der Waals surface area contributed by atoms with Crippen LogP contribution >= 0.6 is 0 Å². The van der Waals surface area contributed by atoms with E-state index in [1.54, 1.807) is 0 Å². The molecule has 0 unspecified atom stereocenters. The van der Waals surface area contributed by atoms with Gasteiger partial charge in [-0.25, -0.2) is 0 Å². The van der Waals surface area contributed by atoms with Gasteiger partial charge in [-0.3, -0.25) is 4.98 Å². The SMILES string of the molecule is CC(C)CN(c1ccnc(CNC(C)(C)C)c1)C(C)C. The first-order valence-electron chi connectivity index (χ1n) is 7.65. The number of nitrogens with one attached hydrogen (secondary N) is 1. The molecule has 0 aromatic carbocycles. The van der Waals surface area contributed by atoms with Gasteiger partial charge in [0.2, 0.25) is 0 Å². The van der Waals surface area contributed by atoms with Gasteiger partial charge in [0.15, 0.2) is 0 Å². The molecule has 0 aliphatic carbocycles. The molecule has 1 heterocycles. The molecular formula is C17H31N3. The Kier molecular flexibility index (Phi) is 6.00. The Bertz CT molecular complexity index is 405. The summed E-state index contributed by atoms with van der Waals surface area (Å²) in [6.45, 7) is 17.4. The normalized spacial score (nSPS) is 12.2. The molecular weight excluding hydrogens is 246 g/mol. The van der Waals surface area contributed by atoms with E-state index in [1.807, 2.05) is 6.20 Å². The van der Waals surface area contributed by atoms with Crippen LogP contribution in [0.4, 0.5) is 5.69 Å². The lowest BCUT2D eigenvalue weighted by atomic mass is 10.1. The molecule has 0 spiro atoms. The number of hydrogen-bond acceptors (Lipinski definition) is 3. The number of rotatable bonds is 6. The molecule has 0 fully saturated rings. The molecule has 3 heteroatoms. The van der Waals surface area contributed by atoms with E-state index in [4.69, 9.17) is 0 Å². The van der Waals surface area contributed by atoms with Crippen molar-refractivity contribution in [2.24, 2.45) is 5.92 Å². The largest absolute Gasteiger partial charge is 0.369 e. The maximum absolute atomic E-state index is 4.47. The highest BCUT2D eigenvalue weighted by Gasteiger charge is 2.14. The van der Waals surface area contributed by atoms with Crippen LogP contribution in [0, 0.1) is 5.92 Å². The third-order valence-corrected chi connectivity index (χ3v) is 3.12. The lowest BCUT2D eigenvalue weighted by Gasteiger charge is -2.31.